The molecule has 9 heteroatoms. The monoisotopic (exact) mass is 703 g/mol. The van der Waals surface area contributed by atoms with E-state index in [1.807, 2.05) is 25.1 Å². The number of benzene rings is 2. The zero-order valence-electron chi connectivity index (χ0n) is 23.7. The van der Waals surface area contributed by atoms with Crippen LogP contribution in [0.1, 0.15) is 70.4 Å². The minimum absolute atomic E-state index is 0.0403. The van der Waals surface area contributed by atoms with E-state index < -0.39 is 5.92 Å². The first-order valence-corrected chi connectivity index (χ1v) is 15.5. The number of aryl methyl sites for hydroxylation is 1. The van der Waals surface area contributed by atoms with E-state index in [-0.39, 0.29) is 34.9 Å². The van der Waals surface area contributed by atoms with Crippen LogP contribution < -0.4 is 10.1 Å². The quantitative estimate of drug-likeness (QED) is 0.337. The van der Waals surface area contributed by atoms with Crippen LogP contribution in [0.2, 0.25) is 5.02 Å². The Kier molecular flexibility index (Phi) is 8.07. The normalized spacial score (nSPS) is 19.9. The molecular formula is C32H32Br2ClNO5. The summed E-state index contributed by atoms with van der Waals surface area (Å²) in [7, 11) is 0. The first-order valence-electron chi connectivity index (χ1n) is 13.5. The molecule has 0 bridgehead atoms. The van der Waals surface area contributed by atoms with Crippen LogP contribution in [0.5, 0.6) is 5.75 Å². The molecule has 0 unspecified atom stereocenters. The molecule has 0 aromatic heterocycles. The zero-order valence-corrected chi connectivity index (χ0v) is 27.6. The van der Waals surface area contributed by atoms with E-state index in [0.29, 0.717) is 74.8 Å². The highest BCUT2D eigenvalue weighted by molar-refractivity contribution is 9.11. The first-order chi connectivity index (χ1) is 19.1. The summed E-state index contributed by atoms with van der Waals surface area (Å²) in [6.45, 7) is 9.81. The van der Waals surface area contributed by atoms with Crippen molar-refractivity contribution in [2.75, 3.05) is 11.9 Å². The number of carbonyl (C=O) groups is 3. The van der Waals surface area contributed by atoms with Gasteiger partial charge in [-0.1, -0.05) is 61.3 Å². The molecule has 2 aliphatic carbocycles. The molecule has 6 nitrogen and oxygen atoms in total. The summed E-state index contributed by atoms with van der Waals surface area (Å²) < 4.78 is 13.9. The molecule has 2 aromatic rings. The Labute approximate surface area is 262 Å². The van der Waals surface area contributed by atoms with Crippen LogP contribution in [-0.2, 0) is 19.1 Å². The molecule has 2 aromatic carbocycles. The van der Waals surface area contributed by atoms with Gasteiger partial charge in [-0.15, -0.1) is 0 Å². The summed E-state index contributed by atoms with van der Waals surface area (Å²) >= 11 is 13.4. The van der Waals surface area contributed by atoms with E-state index in [1.54, 1.807) is 12.1 Å². The van der Waals surface area contributed by atoms with Gasteiger partial charge in [0.2, 0.25) is 0 Å². The van der Waals surface area contributed by atoms with Gasteiger partial charge in [0.05, 0.1) is 10.4 Å². The minimum atomic E-state index is -0.663. The van der Waals surface area contributed by atoms with Crippen LogP contribution in [0.4, 0.5) is 5.69 Å². The lowest BCUT2D eigenvalue weighted by molar-refractivity contribution is -0.121. The van der Waals surface area contributed by atoms with Gasteiger partial charge in [-0.05, 0) is 63.5 Å². The fourth-order valence-corrected chi connectivity index (χ4v) is 7.49. The number of halogens is 3. The van der Waals surface area contributed by atoms with Crippen LogP contribution in [0.25, 0.3) is 0 Å². The second-order valence-corrected chi connectivity index (χ2v) is 14.9. The molecule has 1 aliphatic heterocycles. The van der Waals surface area contributed by atoms with Crippen LogP contribution in [-0.4, -0.2) is 24.1 Å². The van der Waals surface area contributed by atoms with Crippen molar-refractivity contribution in [1.82, 2.24) is 0 Å². The molecule has 5 rings (SSSR count). The van der Waals surface area contributed by atoms with Crippen LogP contribution in [0, 0.1) is 17.8 Å². The van der Waals surface area contributed by atoms with Crippen LogP contribution in [0.3, 0.4) is 0 Å². The van der Waals surface area contributed by atoms with Gasteiger partial charge >= 0.3 is 0 Å². The predicted octanol–water partition coefficient (Wildman–Crippen LogP) is 8.59. The van der Waals surface area contributed by atoms with Crippen molar-refractivity contribution in [3.8, 4) is 5.75 Å². The Hall–Kier alpha value is -2.42. The molecule has 0 fully saturated rings. The molecule has 1 amide bonds. The minimum Gasteiger partial charge on any atom is -0.482 e. The number of ketones is 2. The molecule has 216 valence electrons. The number of allylic oxidation sites excluding steroid dienone is 4. The third kappa shape index (κ3) is 6.20. The number of ether oxygens (including phenoxy) is 2. The van der Waals surface area contributed by atoms with Crippen molar-refractivity contribution < 1.29 is 23.9 Å². The molecular weight excluding hydrogens is 674 g/mol. The number of anilines is 1. The van der Waals surface area contributed by atoms with E-state index in [1.165, 1.54) is 0 Å². The summed E-state index contributed by atoms with van der Waals surface area (Å²) in [4.78, 5) is 40.4. The molecule has 0 saturated carbocycles. The van der Waals surface area contributed by atoms with Gasteiger partial charge in [-0.25, -0.2) is 0 Å². The van der Waals surface area contributed by atoms with Crippen molar-refractivity contribution in [3.63, 3.8) is 0 Å². The van der Waals surface area contributed by atoms with Gasteiger partial charge in [0.1, 0.15) is 17.3 Å². The number of rotatable bonds is 5. The maximum Gasteiger partial charge on any atom is 0.262 e. The van der Waals surface area contributed by atoms with E-state index >= 15 is 0 Å². The van der Waals surface area contributed by atoms with Crippen molar-refractivity contribution in [1.29, 1.82) is 0 Å². The molecule has 1 heterocycles. The second-order valence-electron chi connectivity index (χ2n) is 12.7. The van der Waals surface area contributed by atoms with Gasteiger partial charge in [0.25, 0.3) is 5.91 Å². The Bertz CT molecular complexity index is 1500. The van der Waals surface area contributed by atoms with Gasteiger partial charge in [-0.3, -0.25) is 14.4 Å². The summed E-state index contributed by atoms with van der Waals surface area (Å²) in [5.74, 6) is 0.523. The molecule has 3 aliphatic rings. The first kappa shape index (κ1) is 30.1. The van der Waals surface area contributed by atoms with Gasteiger partial charge in [0.15, 0.2) is 18.2 Å². The van der Waals surface area contributed by atoms with Gasteiger partial charge in [-0.2, -0.15) is 0 Å². The van der Waals surface area contributed by atoms with Gasteiger partial charge < -0.3 is 14.8 Å². The summed E-state index contributed by atoms with van der Waals surface area (Å²) in [6, 6.07) is 8.97. The highest BCUT2D eigenvalue weighted by Crippen LogP contribution is 2.55. The lowest BCUT2D eigenvalue weighted by Crippen LogP contribution is -2.37. The molecule has 0 radical (unpaired) electrons. The lowest BCUT2D eigenvalue weighted by Gasteiger charge is -2.43. The third-order valence-corrected chi connectivity index (χ3v) is 9.19. The smallest absolute Gasteiger partial charge is 0.262 e. The van der Waals surface area contributed by atoms with Crippen LogP contribution >= 0.6 is 43.5 Å². The van der Waals surface area contributed by atoms with Crippen molar-refractivity contribution >= 4 is 66.6 Å². The molecule has 41 heavy (non-hydrogen) atoms. The summed E-state index contributed by atoms with van der Waals surface area (Å²) in [6.07, 6.45) is 1.87. The second kappa shape index (κ2) is 11.0. The largest absolute Gasteiger partial charge is 0.482 e. The molecule has 0 atom stereocenters. The standard InChI is InChI=1S/C32H32Br2ClNO5/c1-16-6-7-18(10-21(16)35)36-26(39)15-40-30-19(8-17(33)9-20(30)34)27-28-22(37)11-31(2,3)13-24(28)41-25-14-32(4,5)12-23(38)29(25)27/h6-10,27H,11-15H2,1-5H3,(H,36,39). The summed E-state index contributed by atoms with van der Waals surface area (Å²) in [5.41, 5.74) is 2.58. The maximum absolute atomic E-state index is 13.7. The Morgan fingerprint density at radius 3 is 2.12 bits per heavy atom. The SMILES string of the molecule is Cc1ccc(NC(=O)COc2c(Br)cc(Br)cc2C2C3=C(CC(C)(C)CC3=O)OC3=C2C(=O)CC(C)(C)C3)cc1Cl. The average Bonchev–Trinajstić information content (AvgIpc) is 2.82. The van der Waals surface area contributed by atoms with Crippen molar-refractivity contribution in [3.05, 3.63) is 78.1 Å². The van der Waals surface area contributed by atoms with E-state index in [9.17, 15) is 14.4 Å². The zero-order chi connectivity index (χ0) is 29.9. The average molecular weight is 706 g/mol. The highest BCUT2D eigenvalue weighted by Gasteiger charge is 2.48. The molecule has 1 N–H and O–H groups in total. The maximum atomic E-state index is 13.7. The third-order valence-electron chi connectivity index (χ3n) is 7.73. The Morgan fingerprint density at radius 2 is 1.56 bits per heavy atom. The van der Waals surface area contributed by atoms with Crippen molar-refractivity contribution in [2.24, 2.45) is 10.8 Å². The van der Waals surface area contributed by atoms with E-state index in [0.717, 1.165) is 10.0 Å². The predicted molar refractivity (Wildman–Crippen MR) is 166 cm³/mol. The lowest BCUT2D eigenvalue weighted by atomic mass is 9.65. The van der Waals surface area contributed by atoms with Crippen molar-refractivity contribution in [2.45, 2.75) is 66.2 Å². The number of amides is 1. The Morgan fingerprint density at radius 1 is 0.976 bits per heavy atom. The topological polar surface area (TPSA) is 81.7 Å². The summed E-state index contributed by atoms with van der Waals surface area (Å²) in [5, 5.41) is 3.36. The highest BCUT2D eigenvalue weighted by atomic mass is 79.9. The fraction of sp³-hybridized carbons (Fsp3) is 0.406. The Balaban J connectivity index is 1.56. The number of carbonyl (C=O) groups excluding carboxylic acids is 3. The van der Waals surface area contributed by atoms with Gasteiger partial charge in [0, 0.05) is 57.6 Å². The van der Waals surface area contributed by atoms with Crippen LogP contribution in [0.15, 0.2) is 61.9 Å². The van der Waals surface area contributed by atoms with E-state index in [4.69, 9.17) is 21.1 Å². The van der Waals surface area contributed by atoms with E-state index in [2.05, 4.69) is 64.9 Å². The molecule has 0 spiro atoms. The number of hydrogen-bond acceptors (Lipinski definition) is 5. The number of hydrogen-bond donors (Lipinski definition) is 1. The number of nitrogens with one attached hydrogen (secondary N) is 1. The number of Topliss-reactive ketones (excluding diaryl/α,β-unsaturated/α-hetero) is 2. The molecule has 0 saturated heterocycles. The fourth-order valence-electron chi connectivity index (χ4n) is 5.94.